The van der Waals surface area contributed by atoms with Crippen molar-refractivity contribution in [3.8, 4) is 23.6 Å². The Balaban J connectivity index is 1.83. The molecule has 2 aliphatic rings. The minimum absolute atomic E-state index is 0.164. The predicted octanol–water partition coefficient (Wildman–Crippen LogP) is 4.99. The first-order valence-corrected chi connectivity index (χ1v) is 11.3. The third-order valence-corrected chi connectivity index (χ3v) is 7.01. The Labute approximate surface area is 204 Å². The van der Waals surface area contributed by atoms with Gasteiger partial charge >= 0.3 is 0 Å². The molecule has 6 nitrogen and oxygen atoms in total. The van der Waals surface area contributed by atoms with E-state index < -0.39 is 23.4 Å². The van der Waals surface area contributed by atoms with Gasteiger partial charge in [0.2, 0.25) is 0 Å². The lowest BCUT2D eigenvalue weighted by atomic mass is 9.69. The van der Waals surface area contributed by atoms with E-state index >= 15 is 0 Å². The fourth-order valence-electron chi connectivity index (χ4n) is 5.43. The summed E-state index contributed by atoms with van der Waals surface area (Å²) in [5.74, 6) is 0.0740. The van der Waals surface area contributed by atoms with E-state index in [1.54, 1.807) is 37.4 Å². The van der Waals surface area contributed by atoms with Crippen LogP contribution in [-0.4, -0.2) is 32.1 Å². The number of carbonyl (C=O) groups excluding carboxylic acids is 1. The molecule has 0 amide bonds. The van der Waals surface area contributed by atoms with Crippen molar-refractivity contribution >= 4 is 17.5 Å². The lowest BCUT2D eigenvalue weighted by Crippen LogP contribution is -2.44. The van der Waals surface area contributed by atoms with Crippen LogP contribution >= 0.6 is 0 Å². The summed E-state index contributed by atoms with van der Waals surface area (Å²) in [7, 11) is 3.09. The topological polar surface area (TPSA) is 86.3 Å². The van der Waals surface area contributed by atoms with Crippen LogP contribution in [0, 0.1) is 28.1 Å². The fraction of sp³-hybridized carbons (Fsp3) is 0.207. The molecule has 5 rings (SSSR count). The first-order chi connectivity index (χ1) is 17.1. The van der Waals surface area contributed by atoms with Gasteiger partial charge in [0.1, 0.15) is 17.5 Å². The number of fused-ring (bicyclic) bond motifs is 3. The molecule has 172 valence electrons. The Morgan fingerprint density at radius 3 is 2.34 bits per heavy atom. The van der Waals surface area contributed by atoms with Crippen LogP contribution in [0.1, 0.15) is 27.4 Å². The highest BCUT2D eigenvalue weighted by atomic mass is 16.5. The summed E-state index contributed by atoms with van der Waals surface area (Å²) in [6.07, 6.45) is 3.79. The normalized spacial score (nSPS) is 21.3. The predicted molar refractivity (Wildman–Crippen MR) is 132 cm³/mol. The molecule has 2 heterocycles. The average molecular weight is 462 g/mol. The van der Waals surface area contributed by atoms with E-state index in [1.165, 1.54) is 7.11 Å². The van der Waals surface area contributed by atoms with Crippen LogP contribution in [0.4, 0.5) is 5.69 Å². The van der Waals surface area contributed by atoms with Gasteiger partial charge in [0, 0.05) is 16.8 Å². The maximum Gasteiger partial charge on any atom is 0.185 e. The lowest BCUT2D eigenvalue weighted by Gasteiger charge is -2.35. The van der Waals surface area contributed by atoms with Gasteiger partial charge in [0.25, 0.3) is 0 Å². The maximum absolute atomic E-state index is 14.2. The zero-order valence-electron chi connectivity index (χ0n) is 19.4. The second kappa shape index (κ2) is 8.66. The summed E-state index contributed by atoms with van der Waals surface area (Å²) < 4.78 is 11.1. The van der Waals surface area contributed by atoms with E-state index in [4.69, 9.17) is 9.47 Å². The standard InChI is InChI=1S/C29H23N3O3/c1-34-21-13-14-24(35-2)22(16-21)26-27(28(33)20-9-4-3-5-10-20)32-23-11-7-6-8-19(23)12-15-25(32)29(26,17-30)18-31/h3-16,25-27H,1-2H3/t25-,26-,27+/m0/s1. The number of methoxy groups -OCH3 is 2. The molecule has 3 aromatic carbocycles. The number of rotatable bonds is 5. The van der Waals surface area contributed by atoms with E-state index in [2.05, 4.69) is 12.1 Å². The number of nitriles is 2. The van der Waals surface area contributed by atoms with Crippen molar-refractivity contribution < 1.29 is 14.3 Å². The largest absolute Gasteiger partial charge is 0.497 e. The molecule has 0 saturated carbocycles. The molecule has 0 aliphatic carbocycles. The summed E-state index contributed by atoms with van der Waals surface area (Å²) in [6, 6.07) is 25.2. The van der Waals surface area contributed by atoms with E-state index in [0.29, 0.717) is 22.6 Å². The molecule has 1 saturated heterocycles. The quantitative estimate of drug-likeness (QED) is 0.498. The van der Waals surface area contributed by atoms with Crippen molar-refractivity contribution in [2.24, 2.45) is 5.41 Å². The van der Waals surface area contributed by atoms with Gasteiger partial charge in [-0.3, -0.25) is 4.79 Å². The number of para-hydroxylation sites is 1. The zero-order valence-corrected chi connectivity index (χ0v) is 19.4. The minimum atomic E-state index is -1.56. The Bertz CT molecular complexity index is 1390. The molecule has 0 N–H and O–H groups in total. The second-order valence-corrected chi connectivity index (χ2v) is 8.62. The molecule has 0 radical (unpaired) electrons. The van der Waals surface area contributed by atoms with Crippen molar-refractivity contribution in [3.63, 3.8) is 0 Å². The van der Waals surface area contributed by atoms with Crippen molar-refractivity contribution in [1.29, 1.82) is 10.5 Å². The van der Waals surface area contributed by atoms with Crippen LogP contribution in [-0.2, 0) is 0 Å². The van der Waals surface area contributed by atoms with Crippen LogP contribution < -0.4 is 14.4 Å². The van der Waals surface area contributed by atoms with Crippen LogP contribution in [0.2, 0.25) is 0 Å². The molecule has 0 aromatic heterocycles. The summed E-state index contributed by atoms with van der Waals surface area (Å²) in [6.45, 7) is 0. The number of benzene rings is 3. The molecule has 6 heteroatoms. The van der Waals surface area contributed by atoms with Crippen LogP contribution in [0.15, 0.2) is 78.9 Å². The van der Waals surface area contributed by atoms with Gasteiger partial charge in [0.15, 0.2) is 11.2 Å². The minimum Gasteiger partial charge on any atom is -0.497 e. The van der Waals surface area contributed by atoms with Crippen molar-refractivity contribution in [1.82, 2.24) is 0 Å². The Morgan fingerprint density at radius 1 is 0.943 bits per heavy atom. The zero-order chi connectivity index (χ0) is 24.6. The molecule has 35 heavy (non-hydrogen) atoms. The third-order valence-electron chi connectivity index (χ3n) is 7.01. The molecule has 0 spiro atoms. The molecule has 3 atom stereocenters. The highest BCUT2D eigenvalue weighted by molar-refractivity contribution is 6.04. The van der Waals surface area contributed by atoms with E-state index in [9.17, 15) is 15.3 Å². The molecule has 0 bridgehead atoms. The van der Waals surface area contributed by atoms with Gasteiger partial charge in [-0.1, -0.05) is 60.7 Å². The molecule has 2 aliphatic heterocycles. The highest BCUT2D eigenvalue weighted by Crippen LogP contribution is 2.57. The summed E-state index contributed by atoms with van der Waals surface area (Å²) in [5.41, 5.74) is 1.29. The molecule has 1 fully saturated rings. The number of nitrogens with zero attached hydrogens (tertiary/aromatic N) is 3. The van der Waals surface area contributed by atoms with Gasteiger partial charge in [0.05, 0.1) is 38.3 Å². The molecule has 3 aromatic rings. The number of ketones is 1. The maximum atomic E-state index is 14.2. The number of Topliss-reactive ketones (excluding diaryl/α,β-unsaturated/α-hetero) is 1. The van der Waals surface area contributed by atoms with Crippen LogP contribution in [0.5, 0.6) is 11.5 Å². The van der Waals surface area contributed by atoms with Crippen molar-refractivity contribution in [2.75, 3.05) is 19.1 Å². The number of hydrogen-bond donors (Lipinski definition) is 0. The first-order valence-electron chi connectivity index (χ1n) is 11.3. The van der Waals surface area contributed by atoms with E-state index in [0.717, 1.165) is 11.3 Å². The fourth-order valence-corrected chi connectivity index (χ4v) is 5.43. The van der Waals surface area contributed by atoms with Gasteiger partial charge in [-0.2, -0.15) is 10.5 Å². The average Bonchev–Trinajstić information content (AvgIpc) is 3.23. The Kier molecular flexibility index (Phi) is 5.51. The Hall–Kier alpha value is -4.55. The highest BCUT2D eigenvalue weighted by Gasteiger charge is 2.64. The number of anilines is 1. The van der Waals surface area contributed by atoms with Crippen LogP contribution in [0.3, 0.4) is 0 Å². The van der Waals surface area contributed by atoms with E-state index in [1.807, 2.05) is 59.5 Å². The van der Waals surface area contributed by atoms with E-state index in [-0.39, 0.29) is 5.78 Å². The van der Waals surface area contributed by atoms with Gasteiger partial charge in [-0.05, 0) is 29.8 Å². The molecular formula is C29H23N3O3. The van der Waals surface area contributed by atoms with Crippen molar-refractivity contribution in [3.05, 3.63) is 95.6 Å². The third kappa shape index (κ3) is 3.26. The SMILES string of the molecule is COc1ccc(OC)c([C@H]2[C@H](C(=O)c3ccccc3)N3c4ccccc4C=C[C@H]3C2(C#N)C#N)c1. The summed E-state index contributed by atoms with van der Waals surface area (Å²) in [5, 5.41) is 21.2. The van der Waals surface area contributed by atoms with Gasteiger partial charge in [-0.15, -0.1) is 0 Å². The Morgan fingerprint density at radius 2 is 1.66 bits per heavy atom. The second-order valence-electron chi connectivity index (χ2n) is 8.62. The molecular weight excluding hydrogens is 438 g/mol. The van der Waals surface area contributed by atoms with Crippen LogP contribution in [0.25, 0.3) is 6.08 Å². The smallest absolute Gasteiger partial charge is 0.185 e. The summed E-state index contributed by atoms with van der Waals surface area (Å²) in [4.78, 5) is 16.2. The number of hydrogen-bond acceptors (Lipinski definition) is 6. The van der Waals surface area contributed by atoms with Gasteiger partial charge < -0.3 is 14.4 Å². The molecule has 0 unspecified atom stereocenters. The number of carbonyl (C=O) groups is 1. The lowest BCUT2D eigenvalue weighted by molar-refractivity contribution is 0.0950. The monoisotopic (exact) mass is 461 g/mol. The van der Waals surface area contributed by atoms with Crippen molar-refractivity contribution in [2.45, 2.75) is 18.0 Å². The summed E-state index contributed by atoms with van der Waals surface area (Å²) >= 11 is 0. The number of ether oxygens (including phenoxy) is 2. The first kappa shape index (κ1) is 22.3. The van der Waals surface area contributed by atoms with Gasteiger partial charge in [-0.25, -0.2) is 0 Å².